The van der Waals surface area contributed by atoms with Crippen LogP contribution in [0.1, 0.15) is 10.4 Å². The number of nitrogens with zero attached hydrogens (tertiary/aromatic N) is 2. The standard InChI is InChI=1S/C9H7ClN4O/c10-7-3-1-6(2-4-7)8(15)13-9-11-5-12-14-9/h1-5H,(H2,11,12,13,14,15). The summed E-state index contributed by atoms with van der Waals surface area (Å²) in [6, 6.07) is 6.57. The molecule has 0 saturated heterocycles. The Morgan fingerprint density at radius 3 is 2.67 bits per heavy atom. The van der Waals surface area contributed by atoms with E-state index in [1.165, 1.54) is 6.33 Å². The van der Waals surface area contributed by atoms with Crippen LogP contribution in [-0.4, -0.2) is 21.1 Å². The molecular weight excluding hydrogens is 216 g/mol. The van der Waals surface area contributed by atoms with Crippen molar-refractivity contribution in [2.45, 2.75) is 0 Å². The van der Waals surface area contributed by atoms with E-state index in [1.807, 2.05) is 0 Å². The lowest BCUT2D eigenvalue weighted by Gasteiger charge is -2.00. The summed E-state index contributed by atoms with van der Waals surface area (Å²) in [5.74, 6) is 0.0540. The second kappa shape index (κ2) is 4.10. The zero-order valence-electron chi connectivity index (χ0n) is 7.57. The number of anilines is 1. The molecule has 5 nitrogen and oxygen atoms in total. The van der Waals surface area contributed by atoms with E-state index in [2.05, 4.69) is 20.5 Å². The van der Waals surface area contributed by atoms with Gasteiger partial charge >= 0.3 is 0 Å². The van der Waals surface area contributed by atoms with Gasteiger partial charge in [0, 0.05) is 10.6 Å². The van der Waals surface area contributed by atoms with Crippen molar-refractivity contribution in [3.63, 3.8) is 0 Å². The first-order valence-electron chi connectivity index (χ1n) is 4.18. The average Bonchev–Trinajstić information content (AvgIpc) is 2.71. The monoisotopic (exact) mass is 222 g/mol. The molecule has 0 fully saturated rings. The number of rotatable bonds is 2. The molecule has 0 aliphatic rings. The highest BCUT2D eigenvalue weighted by Crippen LogP contribution is 2.10. The van der Waals surface area contributed by atoms with Gasteiger partial charge in [0.15, 0.2) is 0 Å². The number of aromatic amines is 1. The van der Waals surface area contributed by atoms with Crippen LogP contribution in [0.25, 0.3) is 0 Å². The quantitative estimate of drug-likeness (QED) is 0.813. The van der Waals surface area contributed by atoms with Crippen molar-refractivity contribution < 1.29 is 4.79 Å². The molecule has 15 heavy (non-hydrogen) atoms. The van der Waals surface area contributed by atoms with Crippen molar-refractivity contribution in [2.75, 3.05) is 5.32 Å². The summed E-state index contributed by atoms with van der Waals surface area (Å²) in [5.41, 5.74) is 0.510. The molecule has 76 valence electrons. The molecule has 2 N–H and O–H groups in total. The SMILES string of the molecule is O=C(Nc1ncn[nH]1)c1ccc(Cl)cc1. The zero-order chi connectivity index (χ0) is 10.7. The third kappa shape index (κ3) is 2.32. The van der Waals surface area contributed by atoms with E-state index >= 15 is 0 Å². The number of carbonyl (C=O) groups is 1. The molecule has 0 bridgehead atoms. The van der Waals surface area contributed by atoms with Crippen LogP contribution in [0, 0.1) is 0 Å². The minimum Gasteiger partial charge on any atom is -0.291 e. The first-order valence-corrected chi connectivity index (χ1v) is 4.56. The van der Waals surface area contributed by atoms with E-state index in [0.717, 1.165) is 0 Å². The van der Waals surface area contributed by atoms with Crippen molar-refractivity contribution in [2.24, 2.45) is 0 Å². The molecule has 0 saturated carbocycles. The fraction of sp³-hybridized carbons (Fsp3) is 0. The molecule has 0 spiro atoms. The fourth-order valence-corrected chi connectivity index (χ4v) is 1.17. The second-order valence-electron chi connectivity index (χ2n) is 2.80. The highest BCUT2D eigenvalue weighted by molar-refractivity contribution is 6.30. The first-order chi connectivity index (χ1) is 7.25. The number of halogens is 1. The number of nitrogens with one attached hydrogen (secondary N) is 2. The van der Waals surface area contributed by atoms with Crippen molar-refractivity contribution in [1.29, 1.82) is 0 Å². The van der Waals surface area contributed by atoms with Crippen LogP contribution in [0.15, 0.2) is 30.6 Å². The summed E-state index contributed by atoms with van der Waals surface area (Å²) < 4.78 is 0. The maximum atomic E-state index is 11.6. The Hall–Kier alpha value is -1.88. The molecule has 0 aliphatic heterocycles. The Bertz CT molecular complexity index is 451. The van der Waals surface area contributed by atoms with Crippen LogP contribution >= 0.6 is 11.6 Å². The van der Waals surface area contributed by atoms with Crippen LogP contribution in [-0.2, 0) is 0 Å². The molecule has 1 aromatic carbocycles. The molecule has 0 radical (unpaired) electrons. The fourth-order valence-electron chi connectivity index (χ4n) is 1.05. The number of carbonyl (C=O) groups excluding carboxylic acids is 1. The molecule has 6 heteroatoms. The van der Waals surface area contributed by atoms with Gasteiger partial charge in [0.05, 0.1) is 0 Å². The molecule has 0 unspecified atom stereocenters. The van der Waals surface area contributed by atoms with Crippen LogP contribution in [0.4, 0.5) is 5.95 Å². The summed E-state index contributed by atoms with van der Waals surface area (Å²) in [6.07, 6.45) is 1.32. The van der Waals surface area contributed by atoms with Crippen molar-refractivity contribution in [3.05, 3.63) is 41.2 Å². The van der Waals surface area contributed by atoms with Gasteiger partial charge in [-0.1, -0.05) is 11.6 Å². The minimum absolute atomic E-state index is 0.261. The number of hydrogen-bond donors (Lipinski definition) is 2. The number of hydrogen-bond acceptors (Lipinski definition) is 3. The highest BCUT2D eigenvalue weighted by atomic mass is 35.5. The number of amides is 1. The molecule has 0 atom stereocenters. The summed E-state index contributed by atoms with van der Waals surface area (Å²) in [7, 11) is 0. The summed E-state index contributed by atoms with van der Waals surface area (Å²) in [4.78, 5) is 15.4. The van der Waals surface area contributed by atoms with Crippen molar-refractivity contribution >= 4 is 23.5 Å². The van der Waals surface area contributed by atoms with Gasteiger partial charge in [-0.15, -0.1) is 0 Å². The highest BCUT2D eigenvalue weighted by Gasteiger charge is 2.06. The van der Waals surface area contributed by atoms with Crippen LogP contribution in [0.5, 0.6) is 0 Å². The van der Waals surface area contributed by atoms with Crippen molar-refractivity contribution in [1.82, 2.24) is 15.2 Å². The van der Waals surface area contributed by atoms with E-state index in [4.69, 9.17) is 11.6 Å². The van der Waals surface area contributed by atoms with Gasteiger partial charge in [-0.2, -0.15) is 10.1 Å². The van der Waals surface area contributed by atoms with Crippen molar-refractivity contribution in [3.8, 4) is 0 Å². The molecular formula is C9H7ClN4O. The zero-order valence-corrected chi connectivity index (χ0v) is 8.32. The van der Waals surface area contributed by atoms with Crippen LogP contribution < -0.4 is 5.32 Å². The van der Waals surface area contributed by atoms with Gasteiger partial charge in [-0.3, -0.25) is 10.1 Å². The molecule has 1 aromatic heterocycles. The minimum atomic E-state index is -0.261. The normalized spacial score (nSPS) is 9.93. The van der Waals surface area contributed by atoms with Crippen LogP contribution in [0.2, 0.25) is 5.02 Å². The van der Waals surface area contributed by atoms with E-state index in [1.54, 1.807) is 24.3 Å². The maximum absolute atomic E-state index is 11.6. The lowest BCUT2D eigenvalue weighted by molar-refractivity contribution is 0.102. The van der Waals surface area contributed by atoms with Gasteiger partial charge < -0.3 is 0 Å². The number of H-pyrrole nitrogens is 1. The second-order valence-corrected chi connectivity index (χ2v) is 3.23. The lowest BCUT2D eigenvalue weighted by Crippen LogP contribution is -2.12. The first kappa shape index (κ1) is 9.67. The smallest absolute Gasteiger partial charge is 0.258 e. The van der Waals surface area contributed by atoms with E-state index in [0.29, 0.717) is 16.5 Å². The van der Waals surface area contributed by atoms with Gasteiger partial charge in [0.25, 0.3) is 5.91 Å². The molecule has 1 amide bonds. The largest absolute Gasteiger partial charge is 0.291 e. The van der Waals surface area contributed by atoms with Gasteiger partial charge in [-0.25, -0.2) is 5.10 Å². The summed E-state index contributed by atoms with van der Waals surface area (Å²) in [5, 5.41) is 9.28. The average molecular weight is 223 g/mol. The molecule has 0 aliphatic carbocycles. The Labute approximate surface area is 90.5 Å². The Morgan fingerprint density at radius 1 is 1.33 bits per heavy atom. The third-order valence-corrected chi connectivity index (χ3v) is 2.01. The summed E-state index contributed by atoms with van der Waals surface area (Å²) in [6.45, 7) is 0. The number of aromatic nitrogens is 3. The molecule has 1 heterocycles. The predicted molar refractivity (Wildman–Crippen MR) is 55.8 cm³/mol. The van der Waals surface area contributed by atoms with Crippen LogP contribution in [0.3, 0.4) is 0 Å². The third-order valence-electron chi connectivity index (χ3n) is 1.75. The Balaban J connectivity index is 2.11. The van der Waals surface area contributed by atoms with E-state index in [9.17, 15) is 4.79 Å². The lowest BCUT2D eigenvalue weighted by atomic mass is 10.2. The van der Waals surface area contributed by atoms with Gasteiger partial charge in [0.1, 0.15) is 6.33 Å². The Morgan fingerprint density at radius 2 is 2.07 bits per heavy atom. The number of benzene rings is 1. The molecule has 2 rings (SSSR count). The van der Waals surface area contributed by atoms with E-state index in [-0.39, 0.29) is 5.91 Å². The topological polar surface area (TPSA) is 70.7 Å². The predicted octanol–water partition coefficient (Wildman–Crippen LogP) is 1.71. The van der Waals surface area contributed by atoms with E-state index < -0.39 is 0 Å². The van der Waals surface area contributed by atoms with Gasteiger partial charge in [0.2, 0.25) is 5.95 Å². The summed E-state index contributed by atoms with van der Waals surface area (Å²) >= 11 is 5.70. The molecule has 2 aromatic rings. The van der Waals surface area contributed by atoms with Gasteiger partial charge in [-0.05, 0) is 24.3 Å². The Kier molecular flexibility index (Phi) is 2.64. The maximum Gasteiger partial charge on any atom is 0.258 e.